The average Bonchev–Trinajstić information content (AvgIpc) is 2.84. The number of hydrogen-bond acceptors (Lipinski definition) is 4. The predicted octanol–water partition coefficient (Wildman–Crippen LogP) is 1.38. The van der Waals surface area contributed by atoms with E-state index in [4.69, 9.17) is 4.74 Å². The van der Waals surface area contributed by atoms with Crippen molar-refractivity contribution in [2.75, 3.05) is 14.2 Å². The summed E-state index contributed by atoms with van der Waals surface area (Å²) < 4.78 is 9.70. The lowest BCUT2D eigenvalue weighted by Crippen LogP contribution is -2.13. The number of aromatic nitrogens is 1. The van der Waals surface area contributed by atoms with E-state index >= 15 is 0 Å². The summed E-state index contributed by atoms with van der Waals surface area (Å²) in [6.45, 7) is 0. The zero-order valence-corrected chi connectivity index (χ0v) is 9.56. The van der Waals surface area contributed by atoms with Crippen LogP contribution in [0.1, 0.15) is 11.7 Å². The second-order valence-electron chi connectivity index (χ2n) is 3.55. The molecule has 0 bridgehead atoms. The van der Waals surface area contributed by atoms with E-state index in [0.717, 1.165) is 10.9 Å². The van der Waals surface area contributed by atoms with Gasteiger partial charge < -0.3 is 19.6 Å². The fourth-order valence-corrected chi connectivity index (χ4v) is 1.80. The first-order valence-electron chi connectivity index (χ1n) is 5.09. The molecule has 2 N–H and O–H groups in total. The van der Waals surface area contributed by atoms with Crippen LogP contribution in [0.3, 0.4) is 0 Å². The maximum atomic E-state index is 11.3. The largest absolute Gasteiger partial charge is 0.495 e. The highest BCUT2D eigenvalue weighted by atomic mass is 16.5. The summed E-state index contributed by atoms with van der Waals surface area (Å²) in [4.78, 5) is 14.3. The summed E-state index contributed by atoms with van der Waals surface area (Å²) in [7, 11) is 2.80. The number of aromatic amines is 1. The molecule has 0 saturated carbocycles. The third-order valence-corrected chi connectivity index (χ3v) is 2.66. The highest BCUT2D eigenvalue weighted by Gasteiger charge is 2.21. The molecule has 0 fully saturated rings. The topological polar surface area (TPSA) is 71.6 Å². The van der Waals surface area contributed by atoms with Gasteiger partial charge in [0.05, 0.1) is 19.7 Å². The molecule has 5 heteroatoms. The van der Waals surface area contributed by atoms with Crippen LogP contribution < -0.4 is 4.74 Å². The molecule has 1 heterocycles. The predicted molar refractivity (Wildman–Crippen MR) is 61.8 cm³/mol. The SMILES string of the molecule is COC(=O)C(O)c1ccc(OC)c2[nH]ccc12. The minimum absolute atomic E-state index is 0.494. The molecule has 2 rings (SSSR count). The summed E-state index contributed by atoms with van der Waals surface area (Å²) in [6.07, 6.45) is 0.435. The Morgan fingerprint density at radius 1 is 1.35 bits per heavy atom. The van der Waals surface area contributed by atoms with Gasteiger partial charge >= 0.3 is 5.97 Å². The van der Waals surface area contributed by atoms with E-state index < -0.39 is 12.1 Å². The van der Waals surface area contributed by atoms with E-state index in [0.29, 0.717) is 11.3 Å². The molecular weight excluding hydrogens is 222 g/mol. The lowest BCUT2D eigenvalue weighted by molar-refractivity contribution is -0.150. The number of rotatable bonds is 3. The van der Waals surface area contributed by atoms with Crippen molar-refractivity contribution < 1.29 is 19.4 Å². The number of hydrogen-bond donors (Lipinski definition) is 2. The Kier molecular flexibility index (Phi) is 3.01. The average molecular weight is 235 g/mol. The van der Waals surface area contributed by atoms with Crippen LogP contribution in [0, 0.1) is 0 Å². The number of aliphatic hydroxyl groups excluding tert-OH is 1. The molecule has 5 nitrogen and oxygen atoms in total. The van der Waals surface area contributed by atoms with Crippen molar-refractivity contribution in [3.05, 3.63) is 30.0 Å². The third-order valence-electron chi connectivity index (χ3n) is 2.66. The first kappa shape index (κ1) is 11.5. The van der Waals surface area contributed by atoms with Crippen molar-refractivity contribution in [2.24, 2.45) is 0 Å². The Hall–Kier alpha value is -2.01. The lowest BCUT2D eigenvalue weighted by Gasteiger charge is -2.11. The normalized spacial score (nSPS) is 12.4. The zero-order chi connectivity index (χ0) is 12.4. The fourth-order valence-electron chi connectivity index (χ4n) is 1.80. The minimum atomic E-state index is -1.29. The highest BCUT2D eigenvalue weighted by molar-refractivity contribution is 5.92. The Morgan fingerprint density at radius 2 is 2.12 bits per heavy atom. The molecule has 2 aromatic rings. The van der Waals surface area contributed by atoms with Crippen molar-refractivity contribution in [1.29, 1.82) is 0 Å². The number of benzene rings is 1. The molecule has 0 radical (unpaired) electrons. The van der Waals surface area contributed by atoms with Gasteiger partial charge in [0, 0.05) is 17.1 Å². The maximum absolute atomic E-state index is 11.3. The number of esters is 1. The van der Waals surface area contributed by atoms with Gasteiger partial charge in [0.15, 0.2) is 6.10 Å². The van der Waals surface area contributed by atoms with Gasteiger partial charge in [0.25, 0.3) is 0 Å². The first-order valence-corrected chi connectivity index (χ1v) is 5.09. The van der Waals surface area contributed by atoms with Gasteiger partial charge in [0.2, 0.25) is 0 Å². The van der Waals surface area contributed by atoms with Crippen molar-refractivity contribution in [2.45, 2.75) is 6.10 Å². The van der Waals surface area contributed by atoms with Gasteiger partial charge in [-0.3, -0.25) is 0 Å². The molecular formula is C12H13NO4. The van der Waals surface area contributed by atoms with E-state index in [1.165, 1.54) is 7.11 Å². The molecule has 0 aliphatic heterocycles. The molecule has 0 aliphatic rings. The molecule has 17 heavy (non-hydrogen) atoms. The molecule has 0 amide bonds. The summed E-state index contributed by atoms with van der Waals surface area (Å²) in [5.41, 5.74) is 1.24. The van der Waals surface area contributed by atoms with Crippen molar-refractivity contribution in [3.8, 4) is 5.75 Å². The molecule has 1 unspecified atom stereocenters. The van der Waals surface area contributed by atoms with Crippen LogP contribution >= 0.6 is 0 Å². The summed E-state index contributed by atoms with van der Waals surface area (Å²) in [5, 5.41) is 10.6. The fraction of sp³-hybridized carbons (Fsp3) is 0.250. The quantitative estimate of drug-likeness (QED) is 0.788. The number of H-pyrrole nitrogens is 1. The molecule has 1 aromatic carbocycles. The Bertz CT molecular complexity index is 546. The molecule has 0 saturated heterocycles. The molecule has 90 valence electrons. The van der Waals surface area contributed by atoms with Crippen molar-refractivity contribution >= 4 is 16.9 Å². The number of nitrogens with one attached hydrogen (secondary N) is 1. The van der Waals surface area contributed by atoms with Gasteiger partial charge in [-0.1, -0.05) is 6.07 Å². The van der Waals surface area contributed by atoms with Crippen LogP contribution in [0.5, 0.6) is 5.75 Å². The number of fused-ring (bicyclic) bond motifs is 1. The summed E-state index contributed by atoms with van der Waals surface area (Å²) in [5.74, 6) is -0.0246. The van der Waals surface area contributed by atoms with Crippen molar-refractivity contribution in [3.63, 3.8) is 0 Å². The van der Waals surface area contributed by atoms with Gasteiger partial charge in [-0.15, -0.1) is 0 Å². The van der Waals surface area contributed by atoms with Crippen LogP contribution in [0.25, 0.3) is 10.9 Å². The Morgan fingerprint density at radius 3 is 2.76 bits per heavy atom. The highest BCUT2D eigenvalue weighted by Crippen LogP contribution is 2.30. The number of carbonyl (C=O) groups is 1. The standard InChI is InChI=1S/C12H13NO4/c1-16-9-4-3-8(11(14)12(15)17-2)7-5-6-13-10(7)9/h3-6,11,13-14H,1-2H3. The van der Waals surface area contributed by atoms with E-state index in [-0.39, 0.29) is 0 Å². The third kappa shape index (κ3) is 1.85. The Balaban J connectivity index is 2.56. The van der Waals surface area contributed by atoms with Crippen molar-refractivity contribution in [1.82, 2.24) is 4.98 Å². The zero-order valence-electron chi connectivity index (χ0n) is 9.56. The monoisotopic (exact) mass is 235 g/mol. The number of methoxy groups -OCH3 is 2. The van der Waals surface area contributed by atoms with Crippen LogP contribution in [0.4, 0.5) is 0 Å². The molecule has 0 spiro atoms. The summed E-state index contributed by atoms with van der Waals surface area (Å²) >= 11 is 0. The lowest BCUT2D eigenvalue weighted by atomic mass is 10.0. The van der Waals surface area contributed by atoms with E-state index in [1.807, 2.05) is 0 Å². The van der Waals surface area contributed by atoms with E-state index in [9.17, 15) is 9.90 Å². The van der Waals surface area contributed by atoms with Gasteiger partial charge in [-0.2, -0.15) is 0 Å². The molecule has 1 aromatic heterocycles. The number of aliphatic hydroxyl groups is 1. The van der Waals surface area contributed by atoms with E-state index in [2.05, 4.69) is 9.72 Å². The van der Waals surface area contributed by atoms with Crippen LogP contribution in [0.2, 0.25) is 0 Å². The van der Waals surface area contributed by atoms with Gasteiger partial charge in [0.1, 0.15) is 5.75 Å². The molecule has 1 atom stereocenters. The second kappa shape index (κ2) is 4.47. The van der Waals surface area contributed by atoms with Crippen LogP contribution in [-0.4, -0.2) is 30.3 Å². The first-order chi connectivity index (χ1) is 8.19. The van der Waals surface area contributed by atoms with Gasteiger partial charge in [-0.05, 0) is 12.1 Å². The number of ether oxygens (including phenoxy) is 2. The molecule has 0 aliphatic carbocycles. The smallest absolute Gasteiger partial charge is 0.339 e. The Labute approximate surface area is 98.0 Å². The van der Waals surface area contributed by atoms with Crippen LogP contribution in [-0.2, 0) is 9.53 Å². The van der Waals surface area contributed by atoms with Gasteiger partial charge in [-0.25, -0.2) is 4.79 Å². The minimum Gasteiger partial charge on any atom is -0.495 e. The maximum Gasteiger partial charge on any atom is 0.339 e. The van der Waals surface area contributed by atoms with E-state index in [1.54, 1.807) is 31.5 Å². The number of carbonyl (C=O) groups excluding carboxylic acids is 1. The van der Waals surface area contributed by atoms with Crippen LogP contribution in [0.15, 0.2) is 24.4 Å². The second-order valence-corrected chi connectivity index (χ2v) is 3.55. The summed E-state index contributed by atoms with van der Waals surface area (Å²) in [6, 6.07) is 5.12.